The van der Waals surface area contributed by atoms with E-state index >= 15 is 0 Å². The molecule has 1 aromatic heterocycles. The lowest BCUT2D eigenvalue weighted by Crippen LogP contribution is -2.40. The van der Waals surface area contributed by atoms with E-state index in [9.17, 15) is 21.6 Å². The summed E-state index contributed by atoms with van der Waals surface area (Å²) in [7, 11) is -6.74. The van der Waals surface area contributed by atoms with Crippen molar-refractivity contribution in [1.82, 2.24) is 15.0 Å². The summed E-state index contributed by atoms with van der Waals surface area (Å²) in [6.45, 7) is 3.58. The zero-order valence-electron chi connectivity index (χ0n) is 22.3. The Balaban J connectivity index is 1.53. The van der Waals surface area contributed by atoms with Crippen molar-refractivity contribution in [2.75, 3.05) is 11.5 Å². The van der Waals surface area contributed by atoms with Crippen molar-refractivity contribution in [2.45, 2.75) is 75.8 Å². The second-order valence-corrected chi connectivity index (χ2v) is 16.0. The molecular formula is C28H35N3O5S3. The molecule has 0 unspecified atom stereocenters. The summed E-state index contributed by atoms with van der Waals surface area (Å²) in [5.74, 6) is 0.390. The molecule has 1 aliphatic heterocycles. The van der Waals surface area contributed by atoms with E-state index in [2.05, 4.69) is 10.0 Å². The van der Waals surface area contributed by atoms with Crippen LogP contribution in [-0.2, 0) is 26.3 Å². The minimum Gasteiger partial charge on any atom is -0.347 e. The van der Waals surface area contributed by atoms with E-state index in [-0.39, 0.29) is 34.4 Å². The number of rotatable bonds is 8. The number of benzene rings is 2. The Hall–Kier alpha value is -2.34. The number of thiazole rings is 1. The molecule has 2 fully saturated rings. The first-order chi connectivity index (χ1) is 18.5. The SMILES string of the molecule is CC(C)NS(=O)(=O)c1ccc(-c2sc(C(=O)NC3CCS(=O)(=O)CC3)nc2CC2CCCC2)c2ccccc12. The zero-order chi connectivity index (χ0) is 27.8. The van der Waals surface area contributed by atoms with Crippen molar-refractivity contribution in [3.05, 3.63) is 47.1 Å². The number of carbonyl (C=O) groups is 1. The van der Waals surface area contributed by atoms with E-state index in [0.29, 0.717) is 29.2 Å². The summed E-state index contributed by atoms with van der Waals surface area (Å²) < 4.78 is 52.5. The molecule has 5 rings (SSSR count). The molecule has 1 saturated heterocycles. The Morgan fingerprint density at radius 2 is 1.69 bits per heavy atom. The van der Waals surface area contributed by atoms with Crippen LogP contribution in [0.5, 0.6) is 0 Å². The summed E-state index contributed by atoms with van der Waals surface area (Å²) in [4.78, 5) is 19.2. The summed E-state index contributed by atoms with van der Waals surface area (Å²) >= 11 is 1.32. The minimum atomic E-state index is -3.72. The van der Waals surface area contributed by atoms with Crippen LogP contribution >= 0.6 is 11.3 Å². The highest BCUT2D eigenvalue weighted by Crippen LogP contribution is 2.40. The van der Waals surface area contributed by atoms with Gasteiger partial charge in [-0.15, -0.1) is 11.3 Å². The lowest BCUT2D eigenvalue weighted by Gasteiger charge is -2.22. The van der Waals surface area contributed by atoms with Crippen LogP contribution in [0.25, 0.3) is 21.2 Å². The van der Waals surface area contributed by atoms with Crippen molar-refractivity contribution >= 4 is 47.9 Å². The smallest absolute Gasteiger partial charge is 0.280 e. The van der Waals surface area contributed by atoms with E-state index in [0.717, 1.165) is 40.8 Å². The molecule has 0 bridgehead atoms. The van der Waals surface area contributed by atoms with Gasteiger partial charge in [-0.2, -0.15) is 0 Å². The number of carbonyl (C=O) groups excluding carboxylic acids is 1. The molecule has 0 atom stereocenters. The first-order valence-electron chi connectivity index (χ1n) is 13.6. The van der Waals surface area contributed by atoms with Gasteiger partial charge < -0.3 is 5.32 Å². The third-order valence-corrected chi connectivity index (χ3v) is 12.1. The van der Waals surface area contributed by atoms with Crippen LogP contribution in [0.2, 0.25) is 0 Å². The topological polar surface area (TPSA) is 122 Å². The molecular weight excluding hydrogens is 555 g/mol. The van der Waals surface area contributed by atoms with Crippen molar-refractivity contribution in [1.29, 1.82) is 0 Å². The van der Waals surface area contributed by atoms with Crippen LogP contribution in [0.1, 0.15) is 67.9 Å². The van der Waals surface area contributed by atoms with Gasteiger partial charge in [-0.05, 0) is 50.5 Å². The highest BCUT2D eigenvalue weighted by Gasteiger charge is 2.28. The number of sulfone groups is 1. The molecule has 8 nitrogen and oxygen atoms in total. The van der Waals surface area contributed by atoms with E-state index in [1.807, 2.05) is 30.3 Å². The zero-order valence-corrected chi connectivity index (χ0v) is 24.7. The maximum atomic E-state index is 13.3. The van der Waals surface area contributed by atoms with Gasteiger partial charge >= 0.3 is 0 Å². The number of sulfonamides is 1. The molecule has 1 saturated carbocycles. The Morgan fingerprint density at radius 3 is 2.36 bits per heavy atom. The number of hydrogen-bond donors (Lipinski definition) is 2. The summed E-state index contributed by atoms with van der Waals surface area (Å²) in [5.41, 5.74) is 1.73. The summed E-state index contributed by atoms with van der Waals surface area (Å²) in [6, 6.07) is 10.5. The molecule has 0 spiro atoms. The molecule has 2 aliphatic rings. The average Bonchev–Trinajstić information content (AvgIpc) is 3.54. The van der Waals surface area contributed by atoms with Crippen molar-refractivity contribution < 1.29 is 21.6 Å². The molecule has 11 heteroatoms. The monoisotopic (exact) mass is 589 g/mol. The maximum Gasteiger partial charge on any atom is 0.280 e. The molecule has 1 amide bonds. The summed E-state index contributed by atoms with van der Waals surface area (Å²) in [5, 5.41) is 4.77. The lowest BCUT2D eigenvalue weighted by molar-refractivity contribution is 0.0933. The highest BCUT2D eigenvalue weighted by molar-refractivity contribution is 7.91. The van der Waals surface area contributed by atoms with Gasteiger partial charge in [0.05, 0.1) is 27.0 Å². The van der Waals surface area contributed by atoms with Gasteiger partial charge in [-0.25, -0.2) is 26.5 Å². The second kappa shape index (κ2) is 11.3. The van der Waals surface area contributed by atoms with Gasteiger partial charge in [0.1, 0.15) is 9.84 Å². The van der Waals surface area contributed by atoms with Gasteiger partial charge in [-0.1, -0.05) is 56.0 Å². The van der Waals surface area contributed by atoms with Crippen LogP contribution < -0.4 is 10.0 Å². The Labute approximate surface area is 234 Å². The molecule has 210 valence electrons. The largest absolute Gasteiger partial charge is 0.347 e. The van der Waals surface area contributed by atoms with Crippen LogP contribution in [0.3, 0.4) is 0 Å². The summed E-state index contributed by atoms with van der Waals surface area (Å²) in [6.07, 6.45) is 6.24. The van der Waals surface area contributed by atoms with Crippen molar-refractivity contribution in [3.8, 4) is 10.4 Å². The number of hydrogen-bond acceptors (Lipinski definition) is 7. The molecule has 2 N–H and O–H groups in total. The number of amides is 1. The first kappa shape index (κ1) is 28.2. The molecule has 3 aromatic rings. The maximum absolute atomic E-state index is 13.3. The number of fused-ring (bicyclic) bond motifs is 1. The van der Waals surface area contributed by atoms with Crippen LogP contribution in [-0.4, -0.2) is 51.3 Å². The number of nitrogens with zero attached hydrogens (tertiary/aromatic N) is 1. The number of nitrogens with one attached hydrogen (secondary N) is 2. The van der Waals surface area contributed by atoms with Crippen molar-refractivity contribution in [3.63, 3.8) is 0 Å². The fourth-order valence-electron chi connectivity index (χ4n) is 5.64. The van der Waals surface area contributed by atoms with E-state index in [1.165, 1.54) is 24.2 Å². The minimum absolute atomic E-state index is 0.0842. The van der Waals surface area contributed by atoms with Crippen LogP contribution in [0, 0.1) is 5.92 Å². The molecule has 0 radical (unpaired) electrons. The van der Waals surface area contributed by atoms with Gasteiger partial charge in [0.25, 0.3) is 5.91 Å². The van der Waals surface area contributed by atoms with Crippen LogP contribution in [0.15, 0.2) is 41.3 Å². The van der Waals surface area contributed by atoms with E-state index in [1.54, 1.807) is 19.9 Å². The Bertz CT molecular complexity index is 1580. The molecule has 39 heavy (non-hydrogen) atoms. The molecule has 2 aromatic carbocycles. The van der Waals surface area contributed by atoms with Gasteiger partial charge in [0, 0.05) is 23.0 Å². The second-order valence-electron chi connectivity index (χ2n) is 11.0. The predicted molar refractivity (Wildman–Crippen MR) is 155 cm³/mol. The number of aromatic nitrogens is 1. The Kier molecular flexibility index (Phi) is 8.15. The average molecular weight is 590 g/mol. The molecule has 1 aliphatic carbocycles. The first-order valence-corrected chi connectivity index (χ1v) is 17.7. The Morgan fingerprint density at radius 1 is 1.03 bits per heavy atom. The third-order valence-electron chi connectivity index (χ3n) is 7.55. The highest BCUT2D eigenvalue weighted by atomic mass is 32.2. The van der Waals surface area contributed by atoms with Crippen molar-refractivity contribution in [2.24, 2.45) is 5.92 Å². The van der Waals surface area contributed by atoms with E-state index < -0.39 is 19.9 Å². The standard InChI is InChI=1S/C28H35N3O5S3/c1-18(2)31-39(35,36)25-12-11-23(21-9-5-6-10-22(21)25)26-24(17-19-7-3-4-8-19)30-28(37-26)27(32)29-20-13-15-38(33,34)16-14-20/h5-6,9-12,18-20,31H,3-4,7-8,13-17H2,1-2H3,(H,29,32). The fourth-order valence-corrected chi connectivity index (χ4v) is 9.63. The quantitative estimate of drug-likeness (QED) is 0.393. The fraction of sp³-hybridized carbons (Fsp3) is 0.500. The van der Waals surface area contributed by atoms with Crippen LogP contribution in [0.4, 0.5) is 0 Å². The van der Waals surface area contributed by atoms with Gasteiger partial charge in [0.2, 0.25) is 10.0 Å². The van der Waals surface area contributed by atoms with Gasteiger partial charge in [-0.3, -0.25) is 4.79 Å². The lowest BCUT2D eigenvalue weighted by atomic mass is 9.97. The normalized spacial score (nSPS) is 18.6. The molecule has 2 heterocycles. The predicted octanol–water partition coefficient (Wildman–Crippen LogP) is 4.69. The van der Waals surface area contributed by atoms with E-state index in [4.69, 9.17) is 4.98 Å². The third kappa shape index (κ3) is 6.37. The van der Waals surface area contributed by atoms with Gasteiger partial charge in [0.15, 0.2) is 5.01 Å².